The first-order valence-corrected chi connectivity index (χ1v) is 7.98. The Morgan fingerprint density at radius 2 is 2.10 bits per heavy atom. The van der Waals surface area contributed by atoms with Crippen molar-refractivity contribution in [1.29, 1.82) is 0 Å². The lowest BCUT2D eigenvalue weighted by Gasteiger charge is -2.42. The summed E-state index contributed by atoms with van der Waals surface area (Å²) < 4.78 is 0. The average molecular weight is 282 g/mol. The fraction of sp³-hybridized carbons (Fsp3) is 0.529. The monoisotopic (exact) mass is 282 g/mol. The van der Waals surface area contributed by atoms with Gasteiger partial charge >= 0.3 is 0 Å². The number of benzene rings is 1. The van der Waals surface area contributed by atoms with E-state index in [1.807, 2.05) is 6.07 Å². The molecule has 2 saturated heterocycles. The van der Waals surface area contributed by atoms with Crippen molar-refractivity contribution in [3.05, 3.63) is 36.2 Å². The molecule has 4 heteroatoms. The fourth-order valence-electron chi connectivity index (χ4n) is 3.87. The van der Waals surface area contributed by atoms with Crippen molar-refractivity contribution in [3.8, 4) is 0 Å². The maximum Gasteiger partial charge on any atom is 0.0931 e. The van der Waals surface area contributed by atoms with E-state index in [1.54, 1.807) is 12.4 Å². The van der Waals surface area contributed by atoms with Gasteiger partial charge in [0.15, 0.2) is 0 Å². The second kappa shape index (κ2) is 5.35. The van der Waals surface area contributed by atoms with Crippen molar-refractivity contribution < 1.29 is 0 Å². The standard InChI is InChI=1S/C17H22N4/c1-13-10-20-9-3-5-15(20)12-21(13)11-14-4-2-6-16-17(14)19-8-7-18-16/h2,4,6-8,13,15H,3,5,9-12H2,1H3/t13-,15+/m1/s1. The van der Waals surface area contributed by atoms with Crippen LogP contribution in [0.3, 0.4) is 0 Å². The zero-order valence-electron chi connectivity index (χ0n) is 12.6. The molecule has 4 rings (SSSR count). The van der Waals surface area contributed by atoms with Crippen molar-refractivity contribution in [3.63, 3.8) is 0 Å². The summed E-state index contributed by atoms with van der Waals surface area (Å²) in [6.07, 6.45) is 6.29. The van der Waals surface area contributed by atoms with Gasteiger partial charge in [-0.2, -0.15) is 0 Å². The molecule has 21 heavy (non-hydrogen) atoms. The summed E-state index contributed by atoms with van der Waals surface area (Å²) in [6.45, 7) is 7.04. The largest absolute Gasteiger partial charge is 0.298 e. The first-order valence-electron chi connectivity index (χ1n) is 7.98. The van der Waals surface area contributed by atoms with Crippen LogP contribution in [0.4, 0.5) is 0 Å². The predicted octanol–water partition coefficient (Wildman–Crippen LogP) is 2.30. The number of rotatable bonds is 2. The van der Waals surface area contributed by atoms with Crippen LogP contribution in [-0.2, 0) is 6.54 Å². The summed E-state index contributed by atoms with van der Waals surface area (Å²) in [5.41, 5.74) is 3.36. The zero-order chi connectivity index (χ0) is 14.2. The summed E-state index contributed by atoms with van der Waals surface area (Å²) in [5, 5.41) is 0. The van der Waals surface area contributed by atoms with Gasteiger partial charge in [0, 0.05) is 44.1 Å². The summed E-state index contributed by atoms with van der Waals surface area (Å²) in [4.78, 5) is 14.2. The molecule has 0 N–H and O–H groups in total. The van der Waals surface area contributed by atoms with Crippen LogP contribution < -0.4 is 0 Å². The van der Waals surface area contributed by atoms with Crippen LogP contribution in [-0.4, -0.2) is 51.5 Å². The first kappa shape index (κ1) is 13.2. The Balaban J connectivity index is 1.59. The molecule has 1 aromatic carbocycles. The second-order valence-corrected chi connectivity index (χ2v) is 6.41. The van der Waals surface area contributed by atoms with Crippen LogP contribution in [0.25, 0.3) is 11.0 Å². The van der Waals surface area contributed by atoms with E-state index in [4.69, 9.17) is 0 Å². The number of hydrogen-bond acceptors (Lipinski definition) is 4. The Bertz CT molecular complexity index is 636. The van der Waals surface area contributed by atoms with Crippen molar-refractivity contribution in [1.82, 2.24) is 19.8 Å². The third-order valence-electron chi connectivity index (χ3n) is 5.02. The number of aromatic nitrogens is 2. The number of fused-ring (bicyclic) bond motifs is 2. The highest BCUT2D eigenvalue weighted by molar-refractivity contribution is 5.77. The number of hydrogen-bond donors (Lipinski definition) is 0. The van der Waals surface area contributed by atoms with E-state index >= 15 is 0 Å². The lowest BCUT2D eigenvalue weighted by Crippen LogP contribution is -2.54. The molecule has 0 aliphatic carbocycles. The van der Waals surface area contributed by atoms with E-state index in [1.165, 1.54) is 38.0 Å². The van der Waals surface area contributed by atoms with Gasteiger partial charge in [-0.3, -0.25) is 19.8 Å². The molecular formula is C17H22N4. The van der Waals surface area contributed by atoms with Crippen molar-refractivity contribution in [2.45, 2.75) is 38.4 Å². The molecule has 2 atom stereocenters. The van der Waals surface area contributed by atoms with E-state index in [0.29, 0.717) is 6.04 Å². The molecule has 110 valence electrons. The van der Waals surface area contributed by atoms with E-state index < -0.39 is 0 Å². The number of piperazine rings is 1. The fourth-order valence-corrected chi connectivity index (χ4v) is 3.87. The highest BCUT2D eigenvalue weighted by Crippen LogP contribution is 2.26. The maximum atomic E-state index is 4.54. The van der Waals surface area contributed by atoms with Crippen molar-refractivity contribution in [2.24, 2.45) is 0 Å². The van der Waals surface area contributed by atoms with Crippen LogP contribution in [0.5, 0.6) is 0 Å². The van der Waals surface area contributed by atoms with Gasteiger partial charge in [0.1, 0.15) is 0 Å². The van der Waals surface area contributed by atoms with E-state index in [2.05, 4.69) is 38.8 Å². The minimum Gasteiger partial charge on any atom is -0.298 e. The molecule has 2 aliphatic heterocycles. The first-order chi connectivity index (χ1) is 10.3. The highest BCUT2D eigenvalue weighted by Gasteiger charge is 2.34. The van der Waals surface area contributed by atoms with Crippen LogP contribution in [0.1, 0.15) is 25.3 Å². The molecule has 0 radical (unpaired) electrons. The molecule has 0 saturated carbocycles. The lowest BCUT2D eigenvalue weighted by molar-refractivity contribution is 0.0543. The quantitative estimate of drug-likeness (QED) is 0.846. The molecule has 0 unspecified atom stereocenters. The van der Waals surface area contributed by atoms with Gasteiger partial charge in [0.05, 0.1) is 11.0 Å². The predicted molar refractivity (Wildman–Crippen MR) is 84.0 cm³/mol. The van der Waals surface area contributed by atoms with Crippen molar-refractivity contribution >= 4 is 11.0 Å². The zero-order valence-corrected chi connectivity index (χ0v) is 12.6. The molecule has 3 heterocycles. The van der Waals surface area contributed by atoms with Gasteiger partial charge in [-0.05, 0) is 37.9 Å². The van der Waals surface area contributed by atoms with Gasteiger partial charge in [-0.1, -0.05) is 12.1 Å². The minimum absolute atomic E-state index is 0.617. The topological polar surface area (TPSA) is 32.3 Å². The Hall–Kier alpha value is -1.52. The van der Waals surface area contributed by atoms with Crippen LogP contribution in [0.2, 0.25) is 0 Å². The Morgan fingerprint density at radius 3 is 3.05 bits per heavy atom. The number of para-hydroxylation sites is 1. The van der Waals surface area contributed by atoms with Crippen LogP contribution in [0.15, 0.2) is 30.6 Å². The third-order valence-corrected chi connectivity index (χ3v) is 5.02. The molecule has 0 bridgehead atoms. The van der Waals surface area contributed by atoms with Gasteiger partial charge in [0.25, 0.3) is 0 Å². The van der Waals surface area contributed by atoms with Crippen LogP contribution in [0, 0.1) is 0 Å². The average Bonchev–Trinajstić information content (AvgIpc) is 2.95. The Morgan fingerprint density at radius 1 is 1.19 bits per heavy atom. The Kier molecular flexibility index (Phi) is 3.36. The molecule has 2 aliphatic rings. The maximum absolute atomic E-state index is 4.54. The molecule has 2 fully saturated rings. The molecular weight excluding hydrogens is 260 g/mol. The summed E-state index contributed by atoms with van der Waals surface area (Å²) in [6, 6.07) is 7.73. The SMILES string of the molecule is C[C@@H]1CN2CCC[C@H]2CN1Cc1cccc2nccnc12. The molecule has 1 aromatic heterocycles. The van der Waals surface area contributed by atoms with E-state index in [-0.39, 0.29) is 0 Å². The molecule has 2 aromatic rings. The van der Waals surface area contributed by atoms with Crippen molar-refractivity contribution in [2.75, 3.05) is 19.6 Å². The van der Waals surface area contributed by atoms with Gasteiger partial charge in [-0.25, -0.2) is 0 Å². The van der Waals surface area contributed by atoms with E-state index in [0.717, 1.165) is 23.6 Å². The van der Waals surface area contributed by atoms with Gasteiger partial charge in [-0.15, -0.1) is 0 Å². The van der Waals surface area contributed by atoms with Crippen LogP contribution >= 0.6 is 0 Å². The number of nitrogens with zero attached hydrogens (tertiary/aromatic N) is 4. The second-order valence-electron chi connectivity index (χ2n) is 6.41. The molecule has 4 nitrogen and oxygen atoms in total. The smallest absolute Gasteiger partial charge is 0.0931 e. The summed E-state index contributed by atoms with van der Waals surface area (Å²) in [5.74, 6) is 0. The highest BCUT2D eigenvalue weighted by atomic mass is 15.3. The lowest BCUT2D eigenvalue weighted by atomic mass is 10.1. The van der Waals surface area contributed by atoms with Gasteiger partial charge in [0.2, 0.25) is 0 Å². The normalized spacial score (nSPS) is 27.1. The minimum atomic E-state index is 0.617. The molecule has 0 spiro atoms. The third kappa shape index (κ3) is 2.43. The summed E-state index contributed by atoms with van der Waals surface area (Å²) >= 11 is 0. The Labute approximate surface area is 125 Å². The van der Waals surface area contributed by atoms with Gasteiger partial charge < -0.3 is 0 Å². The van der Waals surface area contributed by atoms with E-state index in [9.17, 15) is 0 Å². The summed E-state index contributed by atoms with van der Waals surface area (Å²) in [7, 11) is 0. The molecule has 0 amide bonds.